The molecule has 3 aromatic rings. The van der Waals surface area contributed by atoms with Crippen molar-refractivity contribution in [1.82, 2.24) is 4.57 Å². The van der Waals surface area contributed by atoms with Crippen molar-refractivity contribution in [3.8, 4) is 0 Å². The predicted octanol–water partition coefficient (Wildman–Crippen LogP) is 4.33. The van der Waals surface area contributed by atoms with Gasteiger partial charge in [0.2, 0.25) is 0 Å². The molecule has 0 amide bonds. The summed E-state index contributed by atoms with van der Waals surface area (Å²) in [5.41, 5.74) is 3.44. The summed E-state index contributed by atoms with van der Waals surface area (Å²) < 4.78 is 7.42. The van der Waals surface area contributed by atoms with Crippen LogP contribution in [0, 0.1) is 6.92 Å². The van der Waals surface area contributed by atoms with Gasteiger partial charge >= 0.3 is 5.97 Å². The van der Waals surface area contributed by atoms with Gasteiger partial charge in [0.25, 0.3) is 0 Å². The van der Waals surface area contributed by atoms with Gasteiger partial charge < -0.3 is 9.30 Å². The largest absolute Gasteiger partial charge is 0.461 e. The maximum absolute atomic E-state index is 12.0. The summed E-state index contributed by atoms with van der Waals surface area (Å²) in [7, 11) is 0. The van der Waals surface area contributed by atoms with Crippen LogP contribution >= 0.6 is 11.3 Å². The zero-order valence-electron chi connectivity index (χ0n) is 13.1. The van der Waals surface area contributed by atoms with Crippen LogP contribution in [0.2, 0.25) is 0 Å². The quantitative estimate of drug-likeness (QED) is 0.499. The molecule has 118 valence electrons. The van der Waals surface area contributed by atoms with E-state index in [4.69, 9.17) is 4.74 Å². The Morgan fingerprint density at radius 1 is 1.30 bits per heavy atom. The lowest BCUT2D eigenvalue weighted by molar-refractivity contribution is -0.141. The molecule has 3 nitrogen and oxygen atoms in total. The van der Waals surface area contributed by atoms with E-state index in [9.17, 15) is 4.79 Å². The van der Waals surface area contributed by atoms with E-state index in [0.29, 0.717) is 6.42 Å². The highest BCUT2D eigenvalue weighted by molar-refractivity contribution is 7.16. The van der Waals surface area contributed by atoms with Crippen molar-refractivity contribution in [2.75, 3.05) is 6.61 Å². The fourth-order valence-corrected chi connectivity index (χ4v) is 3.76. The summed E-state index contributed by atoms with van der Waals surface area (Å²) in [5.74, 6) is -0.210. The van der Waals surface area contributed by atoms with Crippen LogP contribution in [-0.2, 0) is 22.5 Å². The molecule has 0 saturated carbocycles. The average molecular weight is 325 g/mol. The second-order valence-electron chi connectivity index (χ2n) is 5.42. The lowest BCUT2D eigenvalue weighted by Gasteiger charge is -2.08. The Morgan fingerprint density at radius 3 is 2.83 bits per heavy atom. The molecule has 0 spiro atoms. The molecule has 0 N–H and O–H groups in total. The second kappa shape index (κ2) is 6.84. The van der Waals surface area contributed by atoms with Gasteiger partial charge in [-0.2, -0.15) is 0 Å². The minimum Gasteiger partial charge on any atom is -0.461 e. The van der Waals surface area contributed by atoms with E-state index in [-0.39, 0.29) is 12.6 Å². The van der Waals surface area contributed by atoms with Crippen molar-refractivity contribution in [2.45, 2.75) is 19.9 Å². The van der Waals surface area contributed by atoms with Gasteiger partial charge in [0.05, 0.1) is 6.42 Å². The smallest absolute Gasteiger partial charge is 0.310 e. The molecular weight excluding hydrogens is 306 g/mol. The summed E-state index contributed by atoms with van der Waals surface area (Å²) in [4.78, 5) is 13.2. The molecule has 0 bridgehead atoms. The first-order valence-electron chi connectivity index (χ1n) is 7.56. The minimum atomic E-state index is -0.210. The van der Waals surface area contributed by atoms with Crippen molar-refractivity contribution < 1.29 is 9.53 Å². The Kier molecular flexibility index (Phi) is 4.63. The number of hydrogen-bond donors (Lipinski definition) is 0. The molecule has 2 heterocycles. The first kappa shape index (κ1) is 15.6. The van der Waals surface area contributed by atoms with Crippen LogP contribution in [0.15, 0.2) is 54.4 Å². The molecule has 0 radical (unpaired) electrons. The number of carbonyl (C=O) groups is 1. The third kappa shape index (κ3) is 3.22. The molecule has 0 saturated heterocycles. The maximum Gasteiger partial charge on any atom is 0.310 e. The number of hydrogen-bond acceptors (Lipinski definition) is 3. The van der Waals surface area contributed by atoms with E-state index in [1.807, 2.05) is 18.2 Å². The summed E-state index contributed by atoms with van der Waals surface area (Å²) >= 11 is 1.71. The molecule has 23 heavy (non-hydrogen) atoms. The highest BCUT2D eigenvalue weighted by atomic mass is 32.1. The van der Waals surface area contributed by atoms with Gasteiger partial charge in [-0.05, 0) is 29.5 Å². The van der Waals surface area contributed by atoms with Crippen LogP contribution in [0.25, 0.3) is 10.2 Å². The van der Waals surface area contributed by atoms with Gasteiger partial charge in [0.15, 0.2) is 0 Å². The molecule has 2 aromatic heterocycles. The van der Waals surface area contributed by atoms with Crippen molar-refractivity contribution in [3.05, 3.63) is 71.3 Å². The monoisotopic (exact) mass is 325 g/mol. The van der Waals surface area contributed by atoms with Crippen molar-refractivity contribution in [3.63, 3.8) is 0 Å². The second-order valence-corrected chi connectivity index (χ2v) is 6.32. The lowest BCUT2D eigenvalue weighted by Crippen LogP contribution is -2.09. The number of thiophene rings is 1. The van der Waals surface area contributed by atoms with E-state index in [0.717, 1.165) is 23.2 Å². The Balaban J connectivity index is 1.93. The number of fused-ring (bicyclic) bond motifs is 1. The van der Waals surface area contributed by atoms with Crippen LogP contribution in [0.1, 0.15) is 16.8 Å². The number of benzene rings is 1. The van der Waals surface area contributed by atoms with E-state index in [1.165, 1.54) is 10.4 Å². The lowest BCUT2D eigenvalue weighted by atomic mass is 10.1. The molecule has 0 fully saturated rings. The van der Waals surface area contributed by atoms with Gasteiger partial charge in [-0.25, -0.2) is 0 Å². The summed E-state index contributed by atoms with van der Waals surface area (Å²) in [6, 6.07) is 12.5. The van der Waals surface area contributed by atoms with Gasteiger partial charge in [-0.1, -0.05) is 43.0 Å². The average Bonchev–Trinajstić information content (AvgIpc) is 3.12. The van der Waals surface area contributed by atoms with Crippen molar-refractivity contribution >= 4 is 27.5 Å². The molecule has 0 aliphatic heterocycles. The van der Waals surface area contributed by atoms with Crippen LogP contribution in [-0.4, -0.2) is 17.1 Å². The number of nitrogens with zero attached hydrogens (tertiary/aromatic N) is 1. The van der Waals surface area contributed by atoms with Crippen LogP contribution < -0.4 is 0 Å². The zero-order valence-corrected chi connectivity index (χ0v) is 13.9. The fourth-order valence-electron chi connectivity index (χ4n) is 2.78. The molecular formula is C19H19NO2S. The number of esters is 1. The third-order valence-corrected chi connectivity index (χ3v) is 4.86. The molecule has 1 aromatic carbocycles. The first-order valence-corrected chi connectivity index (χ1v) is 8.44. The Bertz CT molecular complexity index is 830. The molecule has 0 unspecified atom stereocenters. The Hall–Kier alpha value is -2.33. The topological polar surface area (TPSA) is 31.2 Å². The number of ether oxygens (including phenoxy) is 1. The van der Waals surface area contributed by atoms with Crippen LogP contribution in [0.4, 0.5) is 0 Å². The number of carbonyl (C=O) groups excluding carboxylic acids is 1. The maximum atomic E-state index is 12.0. The van der Waals surface area contributed by atoms with Crippen LogP contribution in [0.3, 0.4) is 0 Å². The fraction of sp³-hybridized carbons (Fsp3) is 0.211. The summed E-state index contributed by atoms with van der Waals surface area (Å²) in [5, 5.41) is 3.23. The predicted molar refractivity (Wildman–Crippen MR) is 95.0 cm³/mol. The minimum absolute atomic E-state index is 0.210. The zero-order chi connectivity index (χ0) is 16.2. The van der Waals surface area contributed by atoms with Crippen LogP contribution in [0.5, 0.6) is 0 Å². The Labute approximate surface area is 139 Å². The van der Waals surface area contributed by atoms with Gasteiger partial charge in [0, 0.05) is 17.6 Å². The number of aromatic nitrogens is 1. The van der Waals surface area contributed by atoms with Crippen molar-refractivity contribution in [2.24, 2.45) is 0 Å². The molecule has 0 aliphatic carbocycles. The summed E-state index contributed by atoms with van der Waals surface area (Å²) in [6.45, 7) is 6.72. The SMILES string of the molecule is C=CCOC(=O)Cc1c(C)n(Cc2ccccc2)c2sccc12. The highest BCUT2D eigenvalue weighted by Crippen LogP contribution is 2.31. The molecule has 0 aliphatic rings. The summed E-state index contributed by atoms with van der Waals surface area (Å²) in [6.07, 6.45) is 1.89. The van der Waals surface area contributed by atoms with E-state index in [2.05, 4.69) is 41.6 Å². The molecule has 3 rings (SSSR count). The number of rotatable bonds is 6. The van der Waals surface area contributed by atoms with Gasteiger partial charge in [0.1, 0.15) is 11.4 Å². The Morgan fingerprint density at radius 2 is 2.09 bits per heavy atom. The van der Waals surface area contributed by atoms with E-state index in [1.54, 1.807) is 17.4 Å². The normalized spacial score (nSPS) is 10.8. The highest BCUT2D eigenvalue weighted by Gasteiger charge is 2.18. The van der Waals surface area contributed by atoms with E-state index >= 15 is 0 Å². The van der Waals surface area contributed by atoms with Crippen molar-refractivity contribution in [1.29, 1.82) is 0 Å². The molecule has 0 atom stereocenters. The standard InChI is InChI=1S/C19H19NO2S/c1-3-10-22-18(21)12-17-14(2)20(19-16(17)9-11-23-19)13-15-7-5-4-6-8-15/h3-9,11H,1,10,12-13H2,2H3. The van der Waals surface area contributed by atoms with Gasteiger partial charge in [-0.3, -0.25) is 4.79 Å². The van der Waals surface area contributed by atoms with Gasteiger partial charge in [-0.15, -0.1) is 11.3 Å². The molecule has 4 heteroatoms. The first-order chi connectivity index (χ1) is 11.2. The van der Waals surface area contributed by atoms with E-state index < -0.39 is 0 Å². The third-order valence-electron chi connectivity index (χ3n) is 3.92.